The molecule has 0 amide bonds. The fourth-order valence-electron chi connectivity index (χ4n) is 4.41. The SMILES string of the molecule is O=S(=O)(N[C@@H]1c2cccc3cccc(c23)[C@@H]1Sc1nnc(Nc2ccccc2)s1)c1ccc(Cl)cc1. The minimum absolute atomic E-state index is 0.170. The Morgan fingerprint density at radius 2 is 1.56 bits per heavy atom. The predicted octanol–water partition coefficient (Wildman–Crippen LogP) is 6.95. The fourth-order valence-corrected chi connectivity index (χ4v) is 8.06. The number of para-hydroxylation sites is 1. The van der Waals surface area contributed by atoms with Gasteiger partial charge in [-0.25, -0.2) is 13.1 Å². The summed E-state index contributed by atoms with van der Waals surface area (Å²) >= 11 is 8.93. The summed E-state index contributed by atoms with van der Waals surface area (Å²) < 4.78 is 30.5. The number of nitrogens with zero attached hydrogens (tertiary/aromatic N) is 2. The number of benzene rings is 4. The average molecular weight is 551 g/mol. The molecule has 2 atom stereocenters. The van der Waals surface area contributed by atoms with Crippen molar-refractivity contribution in [2.24, 2.45) is 0 Å². The number of sulfonamides is 1. The van der Waals surface area contributed by atoms with E-state index in [9.17, 15) is 8.42 Å². The van der Waals surface area contributed by atoms with E-state index in [4.69, 9.17) is 11.6 Å². The molecule has 0 spiro atoms. The monoisotopic (exact) mass is 550 g/mol. The molecule has 1 aliphatic rings. The molecule has 180 valence electrons. The normalized spacial score (nSPS) is 16.9. The van der Waals surface area contributed by atoms with Crippen LogP contribution in [0.3, 0.4) is 0 Å². The van der Waals surface area contributed by atoms with Crippen LogP contribution in [0, 0.1) is 0 Å². The number of rotatable bonds is 7. The number of thioether (sulfide) groups is 1. The number of halogens is 1. The average Bonchev–Trinajstić information content (AvgIpc) is 3.44. The van der Waals surface area contributed by atoms with Crippen LogP contribution in [-0.2, 0) is 10.0 Å². The van der Waals surface area contributed by atoms with Gasteiger partial charge in [-0.05, 0) is 58.3 Å². The Bertz CT molecular complexity index is 1650. The van der Waals surface area contributed by atoms with Crippen LogP contribution in [0.15, 0.2) is 100 Å². The Labute approximate surface area is 221 Å². The van der Waals surface area contributed by atoms with Gasteiger partial charge in [-0.3, -0.25) is 0 Å². The fraction of sp³-hybridized carbons (Fsp3) is 0.0769. The molecule has 6 rings (SSSR count). The van der Waals surface area contributed by atoms with Gasteiger partial charge in [0.15, 0.2) is 4.34 Å². The smallest absolute Gasteiger partial charge is 0.241 e. The molecule has 0 bridgehead atoms. The van der Waals surface area contributed by atoms with Crippen LogP contribution in [0.1, 0.15) is 22.4 Å². The lowest BCUT2D eigenvalue weighted by atomic mass is 10.1. The maximum Gasteiger partial charge on any atom is 0.241 e. The molecule has 36 heavy (non-hydrogen) atoms. The van der Waals surface area contributed by atoms with Crippen molar-refractivity contribution in [3.05, 3.63) is 107 Å². The highest BCUT2D eigenvalue weighted by molar-refractivity contribution is 8.01. The van der Waals surface area contributed by atoms with Gasteiger partial charge < -0.3 is 5.32 Å². The molecule has 0 radical (unpaired) electrons. The Kier molecular flexibility index (Phi) is 6.18. The van der Waals surface area contributed by atoms with E-state index in [-0.39, 0.29) is 10.1 Å². The second kappa shape index (κ2) is 9.49. The molecular weight excluding hydrogens is 532 g/mol. The third kappa shape index (κ3) is 4.49. The first kappa shape index (κ1) is 23.4. The van der Waals surface area contributed by atoms with E-state index >= 15 is 0 Å². The first-order valence-corrected chi connectivity index (χ1v) is 14.7. The minimum Gasteiger partial charge on any atom is -0.330 e. The van der Waals surface area contributed by atoms with Crippen LogP contribution in [0.5, 0.6) is 0 Å². The van der Waals surface area contributed by atoms with Crippen molar-refractivity contribution >= 4 is 66.3 Å². The second-order valence-electron chi connectivity index (χ2n) is 8.25. The summed E-state index contributed by atoms with van der Waals surface area (Å²) in [6.07, 6.45) is 0. The highest BCUT2D eigenvalue weighted by atomic mass is 35.5. The molecule has 0 saturated carbocycles. The van der Waals surface area contributed by atoms with E-state index in [0.29, 0.717) is 10.2 Å². The zero-order chi connectivity index (χ0) is 24.7. The highest BCUT2D eigenvalue weighted by Gasteiger charge is 2.38. The third-order valence-electron chi connectivity index (χ3n) is 5.98. The van der Waals surface area contributed by atoms with Gasteiger partial charge >= 0.3 is 0 Å². The number of aromatic nitrogens is 2. The van der Waals surface area contributed by atoms with Crippen molar-refractivity contribution in [3.8, 4) is 0 Å². The van der Waals surface area contributed by atoms with E-state index in [0.717, 1.165) is 31.9 Å². The standard InChI is InChI=1S/C26H19ClN4O2S3/c27-17-12-14-19(15-13-17)36(32,33)31-23-20-10-4-6-16-7-5-11-21(22(16)20)24(23)34-26-30-29-25(35-26)28-18-8-2-1-3-9-18/h1-15,23-24,31H,(H,28,29)/t23-,24+/m1/s1. The molecule has 0 fully saturated rings. The molecule has 1 heterocycles. The first-order chi connectivity index (χ1) is 17.5. The van der Waals surface area contributed by atoms with Crippen LogP contribution in [0.4, 0.5) is 10.8 Å². The molecule has 4 aromatic carbocycles. The summed E-state index contributed by atoms with van der Waals surface area (Å²) in [6.45, 7) is 0. The maximum absolute atomic E-state index is 13.4. The molecule has 5 aromatic rings. The zero-order valence-electron chi connectivity index (χ0n) is 18.6. The van der Waals surface area contributed by atoms with E-state index in [2.05, 4.69) is 26.3 Å². The van der Waals surface area contributed by atoms with Crippen LogP contribution in [-0.4, -0.2) is 18.6 Å². The van der Waals surface area contributed by atoms with Gasteiger partial charge in [0.25, 0.3) is 0 Å². The summed E-state index contributed by atoms with van der Waals surface area (Å²) in [5.74, 6) is 0. The van der Waals surface area contributed by atoms with E-state index in [1.165, 1.54) is 35.2 Å². The summed E-state index contributed by atoms with van der Waals surface area (Å²) in [4.78, 5) is 0.170. The summed E-state index contributed by atoms with van der Waals surface area (Å²) in [6, 6.07) is 27.6. The predicted molar refractivity (Wildman–Crippen MR) is 147 cm³/mol. The summed E-state index contributed by atoms with van der Waals surface area (Å²) in [5, 5.41) is 15.0. The van der Waals surface area contributed by atoms with E-state index in [1.807, 2.05) is 60.7 Å². The van der Waals surface area contributed by atoms with Gasteiger partial charge in [0.05, 0.1) is 16.2 Å². The molecule has 6 nitrogen and oxygen atoms in total. The lowest BCUT2D eigenvalue weighted by Crippen LogP contribution is -2.29. The zero-order valence-corrected chi connectivity index (χ0v) is 21.8. The van der Waals surface area contributed by atoms with Gasteiger partial charge in [0.2, 0.25) is 15.2 Å². The Morgan fingerprint density at radius 1 is 0.833 bits per heavy atom. The van der Waals surface area contributed by atoms with E-state index < -0.39 is 16.1 Å². The van der Waals surface area contributed by atoms with Crippen molar-refractivity contribution in [2.45, 2.75) is 20.5 Å². The third-order valence-corrected chi connectivity index (χ3v) is 9.92. The van der Waals surface area contributed by atoms with Crippen LogP contribution >= 0.6 is 34.7 Å². The van der Waals surface area contributed by atoms with Crippen molar-refractivity contribution in [2.75, 3.05) is 5.32 Å². The van der Waals surface area contributed by atoms with Crippen molar-refractivity contribution in [1.82, 2.24) is 14.9 Å². The molecular formula is C26H19ClN4O2S3. The van der Waals surface area contributed by atoms with Gasteiger partial charge in [0.1, 0.15) is 0 Å². The lowest BCUT2D eigenvalue weighted by molar-refractivity contribution is 0.557. The Hall–Kier alpha value is -2.95. The van der Waals surface area contributed by atoms with E-state index in [1.54, 1.807) is 12.1 Å². The second-order valence-corrected chi connectivity index (χ2v) is 12.8. The van der Waals surface area contributed by atoms with Gasteiger partial charge in [-0.1, -0.05) is 89.3 Å². The van der Waals surface area contributed by atoms with Crippen LogP contribution in [0.25, 0.3) is 10.8 Å². The summed E-state index contributed by atoms with van der Waals surface area (Å²) in [5.41, 5.74) is 2.95. The van der Waals surface area contributed by atoms with Gasteiger partial charge in [0, 0.05) is 10.7 Å². The lowest BCUT2D eigenvalue weighted by Gasteiger charge is -2.22. The number of nitrogens with one attached hydrogen (secondary N) is 2. The molecule has 1 aromatic heterocycles. The van der Waals surface area contributed by atoms with Crippen molar-refractivity contribution in [1.29, 1.82) is 0 Å². The first-order valence-electron chi connectivity index (χ1n) is 11.1. The van der Waals surface area contributed by atoms with Gasteiger partial charge in [-0.2, -0.15) is 0 Å². The Morgan fingerprint density at radius 3 is 2.31 bits per heavy atom. The highest BCUT2D eigenvalue weighted by Crippen LogP contribution is 2.54. The van der Waals surface area contributed by atoms with Crippen LogP contribution < -0.4 is 10.0 Å². The molecule has 0 unspecified atom stereocenters. The maximum atomic E-state index is 13.4. The number of hydrogen-bond donors (Lipinski definition) is 2. The topological polar surface area (TPSA) is 84.0 Å². The quantitative estimate of drug-likeness (QED) is 0.228. The van der Waals surface area contributed by atoms with Gasteiger partial charge in [-0.15, -0.1) is 10.2 Å². The summed E-state index contributed by atoms with van der Waals surface area (Å²) in [7, 11) is -3.80. The minimum atomic E-state index is -3.80. The Balaban J connectivity index is 1.34. The largest absolute Gasteiger partial charge is 0.330 e. The molecule has 1 aliphatic carbocycles. The number of anilines is 2. The number of hydrogen-bond acceptors (Lipinski definition) is 7. The molecule has 0 saturated heterocycles. The van der Waals surface area contributed by atoms with Crippen molar-refractivity contribution in [3.63, 3.8) is 0 Å². The molecule has 0 aliphatic heterocycles. The van der Waals surface area contributed by atoms with Crippen LogP contribution in [0.2, 0.25) is 5.02 Å². The molecule has 2 N–H and O–H groups in total. The molecule has 10 heteroatoms. The van der Waals surface area contributed by atoms with Crippen molar-refractivity contribution < 1.29 is 8.42 Å².